The number of hydrogen-bond donors (Lipinski definition) is 3. The van der Waals surface area contributed by atoms with Crippen molar-refractivity contribution in [3.63, 3.8) is 0 Å². The molecule has 4 rings (SSSR count). The van der Waals surface area contributed by atoms with Crippen LogP contribution in [0.3, 0.4) is 0 Å². The number of amides is 2. The maximum Gasteiger partial charge on any atom is 0.433 e. The molecule has 0 radical (unpaired) electrons. The van der Waals surface area contributed by atoms with Crippen molar-refractivity contribution in [3.05, 3.63) is 47.2 Å². The van der Waals surface area contributed by atoms with E-state index in [0.29, 0.717) is 35.7 Å². The van der Waals surface area contributed by atoms with Gasteiger partial charge in [-0.3, -0.25) is 10.1 Å². The van der Waals surface area contributed by atoms with Crippen molar-refractivity contribution < 1.29 is 27.9 Å². The van der Waals surface area contributed by atoms with Crippen LogP contribution in [0, 0.1) is 5.92 Å². The second-order valence-corrected chi connectivity index (χ2v) is 9.99. The van der Waals surface area contributed by atoms with Gasteiger partial charge in [-0.2, -0.15) is 13.2 Å². The molecule has 2 amide bonds. The maximum atomic E-state index is 13.3. The number of benzene rings is 1. The number of rotatable bonds is 6. The van der Waals surface area contributed by atoms with Gasteiger partial charge < -0.3 is 15.3 Å². The van der Waals surface area contributed by atoms with Gasteiger partial charge in [0.05, 0.1) is 16.1 Å². The van der Waals surface area contributed by atoms with Gasteiger partial charge in [-0.05, 0) is 49.4 Å². The molecule has 2 aromatic heterocycles. The highest BCUT2D eigenvalue weighted by atomic mass is 32.1. The minimum Gasteiger partial charge on any atom is -0.465 e. The van der Waals surface area contributed by atoms with Crippen LogP contribution in [-0.2, 0) is 17.5 Å². The molecule has 192 valence electrons. The van der Waals surface area contributed by atoms with Crippen LogP contribution in [-0.4, -0.2) is 40.2 Å². The average molecular weight is 522 g/mol. The van der Waals surface area contributed by atoms with Crippen LogP contribution in [0.5, 0.6) is 0 Å². The highest BCUT2D eigenvalue weighted by Gasteiger charge is 2.34. The topological polar surface area (TPSA) is 107 Å². The molecule has 3 aromatic rings. The lowest BCUT2D eigenvalue weighted by atomic mass is 9.98. The van der Waals surface area contributed by atoms with Gasteiger partial charge in [0.15, 0.2) is 5.13 Å². The number of nitrogens with one attached hydrogen (secondary N) is 2. The summed E-state index contributed by atoms with van der Waals surface area (Å²) in [6, 6.07) is 7.57. The number of piperidine rings is 1. The quantitative estimate of drug-likeness (QED) is 0.398. The zero-order chi connectivity index (χ0) is 26.0. The molecule has 1 saturated heterocycles. The Morgan fingerprint density at radius 2 is 1.92 bits per heavy atom. The number of aromatic nitrogens is 2. The molecule has 0 spiro atoms. The molecule has 1 aliphatic rings. The predicted molar refractivity (Wildman–Crippen MR) is 131 cm³/mol. The fraction of sp³-hybridized carbons (Fsp3) is 0.417. The van der Waals surface area contributed by atoms with Crippen molar-refractivity contribution in [2.75, 3.05) is 23.3 Å². The molecule has 12 heteroatoms. The largest absolute Gasteiger partial charge is 0.465 e. The molecule has 1 fully saturated rings. The maximum absolute atomic E-state index is 13.3. The third-order valence-electron chi connectivity index (χ3n) is 6.30. The molecule has 1 aromatic carbocycles. The van der Waals surface area contributed by atoms with Gasteiger partial charge in [-0.15, -0.1) is 0 Å². The number of carboxylic acid groups (broad SMARTS) is 1. The highest BCUT2D eigenvalue weighted by Crippen LogP contribution is 2.33. The van der Waals surface area contributed by atoms with E-state index in [0.717, 1.165) is 34.9 Å². The smallest absolute Gasteiger partial charge is 0.433 e. The van der Waals surface area contributed by atoms with Crippen LogP contribution in [0.4, 0.5) is 28.9 Å². The standard InChI is InChI=1S/C24H26F3N5O3S/c1-13-7-9-32(10-8-13)20-16(4-6-19(30-20)24(25,26)27)12-28-21(33)14(2)15-3-5-17-18(11-15)36-22(29-17)31-23(34)35/h3-6,11,13-14H,7-10,12H2,1-2H3,(H,28,33)(H,29,31)(H,34,35). The van der Waals surface area contributed by atoms with E-state index in [1.165, 1.54) is 6.07 Å². The van der Waals surface area contributed by atoms with Crippen LogP contribution in [0.2, 0.25) is 0 Å². The normalized spacial score (nSPS) is 15.6. The number of pyridine rings is 1. The van der Waals surface area contributed by atoms with Gasteiger partial charge >= 0.3 is 12.3 Å². The number of halogens is 3. The molecular weight excluding hydrogens is 495 g/mol. The molecule has 36 heavy (non-hydrogen) atoms. The molecule has 3 N–H and O–H groups in total. The summed E-state index contributed by atoms with van der Waals surface area (Å²) in [5.41, 5.74) is 0.896. The zero-order valence-corrected chi connectivity index (χ0v) is 20.5. The van der Waals surface area contributed by atoms with E-state index in [-0.39, 0.29) is 23.4 Å². The Balaban J connectivity index is 1.49. The first kappa shape index (κ1) is 25.7. The number of fused-ring (bicyclic) bond motifs is 1. The molecular formula is C24H26F3N5O3S. The number of carbonyl (C=O) groups excluding carboxylic acids is 1. The van der Waals surface area contributed by atoms with Crippen molar-refractivity contribution >= 4 is 44.5 Å². The molecule has 1 aliphatic heterocycles. The second kappa shape index (κ2) is 10.3. The molecule has 1 atom stereocenters. The van der Waals surface area contributed by atoms with Gasteiger partial charge in [0.1, 0.15) is 11.5 Å². The van der Waals surface area contributed by atoms with E-state index in [2.05, 4.69) is 27.5 Å². The summed E-state index contributed by atoms with van der Waals surface area (Å²) >= 11 is 1.16. The van der Waals surface area contributed by atoms with Crippen molar-refractivity contribution in [1.82, 2.24) is 15.3 Å². The Kier molecular flexibility index (Phi) is 7.34. The number of nitrogens with zero attached hydrogens (tertiary/aromatic N) is 3. The Bertz CT molecular complexity index is 1270. The van der Waals surface area contributed by atoms with Gasteiger partial charge in [0.2, 0.25) is 5.91 Å². The predicted octanol–water partition coefficient (Wildman–Crippen LogP) is 5.46. The summed E-state index contributed by atoms with van der Waals surface area (Å²) < 4.78 is 40.7. The lowest BCUT2D eigenvalue weighted by Gasteiger charge is -2.33. The van der Waals surface area contributed by atoms with Crippen molar-refractivity contribution in [1.29, 1.82) is 0 Å². The fourth-order valence-electron chi connectivity index (χ4n) is 4.11. The summed E-state index contributed by atoms with van der Waals surface area (Å²) in [5, 5.41) is 14.2. The molecule has 8 nitrogen and oxygen atoms in total. The van der Waals surface area contributed by atoms with E-state index in [4.69, 9.17) is 5.11 Å². The van der Waals surface area contributed by atoms with Gasteiger partial charge in [-0.25, -0.2) is 14.8 Å². The first-order valence-corrected chi connectivity index (χ1v) is 12.3. The van der Waals surface area contributed by atoms with E-state index in [1.54, 1.807) is 25.1 Å². The van der Waals surface area contributed by atoms with Gasteiger partial charge in [-0.1, -0.05) is 30.4 Å². The van der Waals surface area contributed by atoms with Crippen LogP contribution < -0.4 is 15.5 Å². The van der Waals surface area contributed by atoms with E-state index >= 15 is 0 Å². The number of carbonyl (C=O) groups is 2. The van der Waals surface area contributed by atoms with E-state index < -0.39 is 23.9 Å². The molecule has 3 heterocycles. The van der Waals surface area contributed by atoms with Crippen LogP contribution in [0.15, 0.2) is 30.3 Å². The number of hydrogen-bond acceptors (Lipinski definition) is 6. The Morgan fingerprint density at radius 1 is 1.19 bits per heavy atom. The lowest BCUT2D eigenvalue weighted by Crippen LogP contribution is -2.35. The average Bonchev–Trinajstić information content (AvgIpc) is 3.22. The van der Waals surface area contributed by atoms with E-state index in [1.807, 2.05) is 4.90 Å². The summed E-state index contributed by atoms with van der Waals surface area (Å²) in [6.07, 6.45) is -4.03. The Labute approximate surface area is 209 Å². The molecule has 0 aliphatic carbocycles. The number of thiazole rings is 1. The van der Waals surface area contributed by atoms with Crippen molar-refractivity contribution in [2.24, 2.45) is 5.92 Å². The van der Waals surface area contributed by atoms with Crippen LogP contribution in [0.25, 0.3) is 10.2 Å². The summed E-state index contributed by atoms with van der Waals surface area (Å²) in [4.78, 5) is 33.8. The van der Waals surface area contributed by atoms with Crippen LogP contribution in [0.1, 0.15) is 49.4 Å². The van der Waals surface area contributed by atoms with Gasteiger partial charge in [0, 0.05) is 25.2 Å². The molecule has 0 bridgehead atoms. The third kappa shape index (κ3) is 5.86. The molecule has 1 unspecified atom stereocenters. The monoisotopic (exact) mass is 521 g/mol. The summed E-state index contributed by atoms with van der Waals surface area (Å²) in [7, 11) is 0. The fourth-order valence-corrected chi connectivity index (χ4v) is 5.01. The minimum atomic E-state index is -4.55. The number of alkyl halides is 3. The minimum absolute atomic E-state index is 0.0468. The van der Waals surface area contributed by atoms with Crippen molar-refractivity contribution in [3.8, 4) is 0 Å². The first-order valence-electron chi connectivity index (χ1n) is 11.5. The lowest BCUT2D eigenvalue weighted by molar-refractivity contribution is -0.141. The molecule has 0 saturated carbocycles. The third-order valence-corrected chi connectivity index (χ3v) is 7.24. The van der Waals surface area contributed by atoms with Gasteiger partial charge in [0.25, 0.3) is 0 Å². The Hall–Kier alpha value is -3.41. The summed E-state index contributed by atoms with van der Waals surface area (Å²) in [5.74, 6) is -0.0768. The Morgan fingerprint density at radius 3 is 2.58 bits per heavy atom. The number of anilines is 2. The van der Waals surface area contributed by atoms with E-state index in [9.17, 15) is 22.8 Å². The second-order valence-electron chi connectivity index (χ2n) is 8.96. The van der Waals surface area contributed by atoms with Crippen LogP contribution >= 0.6 is 11.3 Å². The summed E-state index contributed by atoms with van der Waals surface area (Å²) in [6.45, 7) is 5.12. The van der Waals surface area contributed by atoms with Crippen molar-refractivity contribution in [2.45, 2.75) is 45.3 Å². The zero-order valence-electron chi connectivity index (χ0n) is 19.7. The highest BCUT2D eigenvalue weighted by molar-refractivity contribution is 7.22. The first-order chi connectivity index (χ1) is 17.0. The SMILES string of the molecule is CC1CCN(c2nc(C(F)(F)F)ccc2CNC(=O)C(C)c2ccc3nc(NC(=O)O)sc3c2)CC1.